The van der Waals surface area contributed by atoms with Crippen molar-refractivity contribution < 1.29 is 9.53 Å². The van der Waals surface area contributed by atoms with Crippen molar-refractivity contribution in [2.45, 2.75) is 71.1 Å². The van der Waals surface area contributed by atoms with E-state index in [0.717, 1.165) is 35.5 Å². The minimum atomic E-state index is -0.319. The van der Waals surface area contributed by atoms with Crippen LogP contribution in [0.1, 0.15) is 74.4 Å². The largest absolute Gasteiger partial charge is 0.370 e. The molecule has 2 amide bonds. The van der Waals surface area contributed by atoms with Crippen molar-refractivity contribution in [1.29, 1.82) is 10.5 Å². The molecule has 1 saturated heterocycles. The summed E-state index contributed by atoms with van der Waals surface area (Å²) in [4.78, 5) is 22.5. The van der Waals surface area contributed by atoms with E-state index < -0.39 is 0 Å². The first-order valence-electron chi connectivity index (χ1n) is 13.1. The van der Waals surface area contributed by atoms with Crippen molar-refractivity contribution in [3.05, 3.63) is 52.2 Å². The number of carbonyl (C=O) groups is 1. The lowest BCUT2D eigenvalue weighted by molar-refractivity contribution is -0.0407. The van der Waals surface area contributed by atoms with E-state index in [4.69, 9.17) is 15.0 Å². The molecule has 1 aromatic heterocycles. The highest BCUT2D eigenvalue weighted by atomic mass is 16.5. The van der Waals surface area contributed by atoms with Crippen LogP contribution in [0.4, 0.5) is 16.3 Å². The van der Waals surface area contributed by atoms with Gasteiger partial charge in [-0.3, -0.25) is 0 Å². The fourth-order valence-electron chi connectivity index (χ4n) is 5.47. The molecule has 0 spiro atoms. The third kappa shape index (κ3) is 4.99. The maximum Gasteiger partial charge on any atom is 0.322 e. The molecule has 8 nitrogen and oxygen atoms in total. The Morgan fingerprint density at radius 3 is 2.49 bits per heavy atom. The molecule has 5 rings (SSSR count). The Morgan fingerprint density at radius 1 is 1.14 bits per heavy atom. The number of piperazine rings is 1. The van der Waals surface area contributed by atoms with Crippen LogP contribution < -0.4 is 10.2 Å². The molecule has 37 heavy (non-hydrogen) atoms. The molecule has 2 aliphatic heterocycles. The van der Waals surface area contributed by atoms with E-state index in [9.17, 15) is 10.1 Å². The molecular formula is C29H34N6O2. The van der Waals surface area contributed by atoms with E-state index >= 15 is 0 Å². The summed E-state index contributed by atoms with van der Waals surface area (Å²) < 4.78 is 6.12. The molecule has 2 aromatic rings. The molecular weight excluding hydrogens is 464 g/mol. The van der Waals surface area contributed by atoms with Crippen molar-refractivity contribution in [1.82, 2.24) is 9.88 Å². The minimum Gasteiger partial charge on any atom is -0.370 e. The molecule has 0 radical (unpaired) electrons. The summed E-state index contributed by atoms with van der Waals surface area (Å²) in [5.74, 6) is 1.43. The van der Waals surface area contributed by atoms with Gasteiger partial charge in [0, 0.05) is 43.2 Å². The number of nitrogens with zero attached hydrogens (tertiary/aromatic N) is 5. The van der Waals surface area contributed by atoms with E-state index in [2.05, 4.69) is 50.1 Å². The lowest BCUT2D eigenvalue weighted by Gasteiger charge is -2.44. The van der Waals surface area contributed by atoms with Crippen LogP contribution >= 0.6 is 0 Å². The summed E-state index contributed by atoms with van der Waals surface area (Å²) in [6.07, 6.45) is 2.96. The summed E-state index contributed by atoms with van der Waals surface area (Å²) in [5.41, 5.74) is 4.86. The lowest BCUT2D eigenvalue weighted by atomic mass is 9.87. The number of benzene rings is 1. The first kappa shape index (κ1) is 25.0. The van der Waals surface area contributed by atoms with E-state index in [1.165, 1.54) is 0 Å². The predicted molar refractivity (Wildman–Crippen MR) is 141 cm³/mol. The predicted octanol–water partition coefficient (Wildman–Crippen LogP) is 4.93. The fourth-order valence-corrected chi connectivity index (χ4v) is 5.47. The number of rotatable bonds is 4. The van der Waals surface area contributed by atoms with Gasteiger partial charge in [0.1, 0.15) is 11.9 Å². The van der Waals surface area contributed by atoms with Gasteiger partial charge in [0.15, 0.2) is 0 Å². The number of nitrogens with one attached hydrogen (secondary N) is 1. The summed E-state index contributed by atoms with van der Waals surface area (Å²) in [7, 11) is 0. The van der Waals surface area contributed by atoms with Crippen molar-refractivity contribution in [2.75, 3.05) is 29.9 Å². The number of anilines is 2. The second-order valence-corrected chi connectivity index (χ2v) is 11.3. The Kier molecular flexibility index (Phi) is 6.56. The van der Waals surface area contributed by atoms with Gasteiger partial charge in [0.25, 0.3) is 0 Å². The number of hydrogen-bond acceptors (Lipinski definition) is 6. The highest BCUT2D eigenvalue weighted by molar-refractivity contribution is 5.90. The Hall–Kier alpha value is -3.62. The zero-order valence-corrected chi connectivity index (χ0v) is 22.0. The normalized spacial score (nSPS) is 20.7. The minimum absolute atomic E-state index is 0.0411. The van der Waals surface area contributed by atoms with E-state index in [-0.39, 0.29) is 23.6 Å². The van der Waals surface area contributed by atoms with E-state index in [1.807, 2.05) is 4.90 Å². The Morgan fingerprint density at radius 2 is 1.86 bits per heavy atom. The van der Waals surface area contributed by atoms with Crippen LogP contribution in [0.5, 0.6) is 0 Å². The topological polar surface area (TPSA) is 105 Å². The number of hydrogen-bond donors (Lipinski definition) is 1. The Balaban J connectivity index is 1.42. The van der Waals surface area contributed by atoms with Crippen molar-refractivity contribution in [3.63, 3.8) is 0 Å². The van der Waals surface area contributed by atoms with Gasteiger partial charge in [0.05, 0.1) is 41.1 Å². The van der Waals surface area contributed by atoms with Crippen LogP contribution in [-0.4, -0.2) is 47.2 Å². The zero-order chi connectivity index (χ0) is 26.3. The van der Waals surface area contributed by atoms with Crippen molar-refractivity contribution in [2.24, 2.45) is 5.92 Å². The average Bonchev–Trinajstić information content (AvgIpc) is 3.72. The average molecular weight is 499 g/mol. The lowest BCUT2D eigenvalue weighted by Crippen LogP contribution is -2.58. The monoisotopic (exact) mass is 498 g/mol. The molecule has 3 heterocycles. The standard InChI is InChI=1S/C29H34N6O2/c1-18(2)25-16-34(11-12-35(25)28(36)32-21-9-5-19(14-30)6-10-21)27-23(15-31)22-13-29(3,4)37-17-24(22)26(33-27)20-7-8-20/h5-6,9-10,18,20,25H,7-8,11-13,16-17H2,1-4H3,(H,32,36)/t25-/m0/s1. The molecule has 0 unspecified atom stereocenters. The molecule has 8 heteroatoms. The van der Waals surface area contributed by atoms with E-state index in [1.54, 1.807) is 24.3 Å². The third-order valence-corrected chi connectivity index (χ3v) is 7.72. The number of nitriles is 2. The van der Waals surface area contributed by atoms with Crippen molar-refractivity contribution in [3.8, 4) is 12.1 Å². The molecule has 192 valence electrons. The smallest absolute Gasteiger partial charge is 0.322 e. The van der Waals surface area contributed by atoms with Gasteiger partial charge < -0.3 is 19.9 Å². The SMILES string of the molecule is CC(C)[C@@H]1CN(c2nc(C3CC3)c3c(c2C#N)CC(C)(C)OC3)CCN1C(=O)Nc1ccc(C#N)cc1. The summed E-state index contributed by atoms with van der Waals surface area (Å²) in [6.45, 7) is 10.7. The number of carbonyl (C=O) groups excluding carboxylic acids is 1. The van der Waals surface area contributed by atoms with Gasteiger partial charge in [0.2, 0.25) is 0 Å². The number of ether oxygens (including phenoxy) is 1. The maximum absolute atomic E-state index is 13.3. The first-order valence-corrected chi connectivity index (χ1v) is 13.1. The molecule has 1 atom stereocenters. The molecule has 1 saturated carbocycles. The highest BCUT2D eigenvalue weighted by Crippen LogP contribution is 2.46. The highest BCUT2D eigenvalue weighted by Gasteiger charge is 2.39. The van der Waals surface area contributed by atoms with E-state index in [0.29, 0.717) is 55.4 Å². The van der Waals surface area contributed by atoms with Gasteiger partial charge >= 0.3 is 6.03 Å². The van der Waals surface area contributed by atoms with Crippen LogP contribution in [0.15, 0.2) is 24.3 Å². The number of urea groups is 1. The number of fused-ring (bicyclic) bond motifs is 1. The summed E-state index contributed by atoms with van der Waals surface area (Å²) >= 11 is 0. The Bertz CT molecular complexity index is 1280. The Labute approximate surface area is 218 Å². The van der Waals surface area contributed by atoms with Gasteiger partial charge in [-0.05, 0) is 62.4 Å². The molecule has 2 fully saturated rings. The van der Waals surface area contributed by atoms with Crippen LogP contribution in [0, 0.1) is 28.6 Å². The van der Waals surface area contributed by atoms with Crippen LogP contribution in [0.25, 0.3) is 0 Å². The van der Waals surface area contributed by atoms with Gasteiger partial charge in [-0.1, -0.05) is 13.8 Å². The molecule has 1 aromatic carbocycles. The summed E-state index contributed by atoms with van der Waals surface area (Å²) in [5, 5.41) is 22.3. The molecule has 1 aliphatic carbocycles. The molecule has 0 bridgehead atoms. The summed E-state index contributed by atoms with van der Waals surface area (Å²) in [6, 6.07) is 11.3. The third-order valence-electron chi connectivity index (χ3n) is 7.72. The van der Waals surface area contributed by atoms with Crippen LogP contribution in [0.3, 0.4) is 0 Å². The number of amides is 2. The molecule has 3 aliphatic rings. The number of pyridine rings is 1. The van der Waals surface area contributed by atoms with Crippen LogP contribution in [-0.2, 0) is 17.8 Å². The quantitative estimate of drug-likeness (QED) is 0.641. The second-order valence-electron chi connectivity index (χ2n) is 11.3. The van der Waals surface area contributed by atoms with Crippen molar-refractivity contribution >= 4 is 17.5 Å². The molecule has 1 N–H and O–H groups in total. The maximum atomic E-state index is 13.3. The number of aromatic nitrogens is 1. The van der Waals surface area contributed by atoms with Gasteiger partial charge in [-0.2, -0.15) is 10.5 Å². The second kappa shape index (κ2) is 9.68. The van der Waals surface area contributed by atoms with Crippen LogP contribution in [0.2, 0.25) is 0 Å². The van der Waals surface area contributed by atoms with Gasteiger partial charge in [-0.25, -0.2) is 9.78 Å². The first-order chi connectivity index (χ1) is 17.7. The fraction of sp³-hybridized carbons (Fsp3) is 0.517. The zero-order valence-electron chi connectivity index (χ0n) is 22.0. The van der Waals surface area contributed by atoms with Gasteiger partial charge in [-0.15, -0.1) is 0 Å².